The third-order valence-electron chi connectivity index (χ3n) is 6.41. The normalized spacial score (nSPS) is 12.9. The maximum atomic E-state index is 12.0. The SMILES string of the molecule is CC(C)(C)O.Cc1c(CC(=O)O)c(-c2ccc(Cl)cc2)c2cc(C)n3c2c1N(c1ncc(OC(C)C)cn1)CC3. The Morgan fingerprint density at radius 3 is 2.25 bits per heavy atom. The number of anilines is 2. The number of nitrogens with zero attached hydrogens (tertiary/aromatic N) is 4. The van der Waals surface area contributed by atoms with Crippen LogP contribution >= 0.6 is 11.6 Å². The highest BCUT2D eigenvalue weighted by Crippen LogP contribution is 2.46. The molecule has 0 bridgehead atoms. The van der Waals surface area contributed by atoms with Gasteiger partial charge in [0.15, 0.2) is 5.75 Å². The van der Waals surface area contributed by atoms with Gasteiger partial charge in [-0.2, -0.15) is 0 Å². The lowest BCUT2D eigenvalue weighted by atomic mass is 9.88. The Labute approximate surface area is 240 Å². The summed E-state index contributed by atoms with van der Waals surface area (Å²) in [5.41, 5.74) is 6.22. The van der Waals surface area contributed by atoms with Crippen LogP contribution in [0.2, 0.25) is 5.02 Å². The summed E-state index contributed by atoms with van der Waals surface area (Å²) < 4.78 is 8.01. The summed E-state index contributed by atoms with van der Waals surface area (Å²) >= 11 is 6.16. The van der Waals surface area contributed by atoms with Gasteiger partial charge in [-0.25, -0.2) is 9.97 Å². The zero-order valence-corrected chi connectivity index (χ0v) is 24.9. The van der Waals surface area contributed by atoms with Crippen LogP contribution in [0.3, 0.4) is 0 Å². The molecule has 2 N–H and O–H groups in total. The van der Waals surface area contributed by atoms with Crippen molar-refractivity contribution in [2.45, 2.75) is 73.1 Å². The Hall–Kier alpha value is -3.62. The van der Waals surface area contributed by atoms with Crippen LogP contribution in [0.5, 0.6) is 5.75 Å². The number of carbonyl (C=O) groups is 1. The average Bonchev–Trinajstić information content (AvgIpc) is 3.18. The Morgan fingerprint density at radius 2 is 1.70 bits per heavy atom. The van der Waals surface area contributed by atoms with Gasteiger partial charge >= 0.3 is 5.97 Å². The van der Waals surface area contributed by atoms with Crippen LogP contribution in [-0.4, -0.2) is 49.0 Å². The molecule has 40 heavy (non-hydrogen) atoms. The van der Waals surface area contributed by atoms with E-state index >= 15 is 0 Å². The first-order valence-corrected chi connectivity index (χ1v) is 13.7. The summed E-state index contributed by atoms with van der Waals surface area (Å²) in [6.45, 7) is 14.7. The number of aromatic nitrogens is 3. The van der Waals surface area contributed by atoms with E-state index in [9.17, 15) is 9.90 Å². The number of hydrogen-bond acceptors (Lipinski definition) is 6. The van der Waals surface area contributed by atoms with E-state index in [-0.39, 0.29) is 12.5 Å². The van der Waals surface area contributed by atoms with Crippen LogP contribution in [0.1, 0.15) is 51.4 Å². The molecular weight excluding hydrogens is 528 g/mol. The third kappa shape index (κ3) is 6.40. The lowest BCUT2D eigenvalue weighted by molar-refractivity contribution is -0.136. The van der Waals surface area contributed by atoms with Gasteiger partial charge in [0.2, 0.25) is 5.95 Å². The fraction of sp³-hybridized carbons (Fsp3) is 0.387. The van der Waals surface area contributed by atoms with Crippen molar-refractivity contribution in [3.05, 3.63) is 64.6 Å². The summed E-state index contributed by atoms with van der Waals surface area (Å²) in [5.74, 6) is 0.308. The predicted octanol–water partition coefficient (Wildman–Crippen LogP) is 6.71. The summed E-state index contributed by atoms with van der Waals surface area (Å²) in [6.07, 6.45) is 3.32. The van der Waals surface area contributed by atoms with Gasteiger partial charge in [-0.15, -0.1) is 0 Å². The van der Waals surface area contributed by atoms with Gasteiger partial charge in [0, 0.05) is 29.2 Å². The summed E-state index contributed by atoms with van der Waals surface area (Å²) in [5, 5.41) is 20.0. The Kier molecular flexibility index (Phi) is 8.42. The number of carboxylic acid groups (broad SMARTS) is 1. The first-order chi connectivity index (χ1) is 18.7. The van der Waals surface area contributed by atoms with E-state index in [1.54, 1.807) is 33.2 Å². The number of aryl methyl sites for hydroxylation is 1. The van der Waals surface area contributed by atoms with Crippen molar-refractivity contribution in [1.29, 1.82) is 0 Å². The second kappa shape index (κ2) is 11.5. The molecule has 0 unspecified atom stereocenters. The second-order valence-corrected chi connectivity index (χ2v) is 11.7. The van der Waals surface area contributed by atoms with E-state index in [1.165, 1.54) is 0 Å². The standard InChI is InChI=1S/C27H27ClN4O3.C4H10O/c1-15(2)35-20-13-29-27(30-14-20)32-10-9-31-16(3)11-22-24(18-5-7-19(28)8-6-18)21(12-23(33)34)17(4)25(32)26(22)31;1-4(2,3)5/h5-8,11,13-15H,9-10,12H2,1-4H3,(H,33,34);5H,1-3H3. The molecule has 1 aliphatic heterocycles. The lowest BCUT2D eigenvalue weighted by Crippen LogP contribution is -2.30. The van der Waals surface area contributed by atoms with E-state index in [4.69, 9.17) is 21.4 Å². The highest BCUT2D eigenvalue weighted by Gasteiger charge is 2.30. The first kappa shape index (κ1) is 29.4. The monoisotopic (exact) mass is 564 g/mol. The molecule has 3 heterocycles. The molecule has 0 fully saturated rings. The molecule has 0 saturated carbocycles. The molecule has 0 atom stereocenters. The average molecular weight is 565 g/mol. The van der Waals surface area contributed by atoms with Crippen LogP contribution < -0.4 is 9.64 Å². The minimum absolute atomic E-state index is 0.0338. The van der Waals surface area contributed by atoms with Gasteiger partial charge in [-0.05, 0) is 88.9 Å². The number of hydrogen-bond donors (Lipinski definition) is 2. The molecule has 212 valence electrons. The van der Waals surface area contributed by atoms with Crippen molar-refractivity contribution < 1.29 is 19.7 Å². The van der Waals surface area contributed by atoms with Crippen LogP contribution in [0.4, 0.5) is 11.6 Å². The fourth-order valence-electron chi connectivity index (χ4n) is 5.02. The number of benzene rings is 2. The highest BCUT2D eigenvalue weighted by atomic mass is 35.5. The van der Waals surface area contributed by atoms with E-state index in [0.29, 0.717) is 23.3 Å². The predicted molar refractivity (Wildman–Crippen MR) is 160 cm³/mol. The van der Waals surface area contributed by atoms with Crippen LogP contribution in [-0.2, 0) is 17.8 Å². The van der Waals surface area contributed by atoms with Gasteiger partial charge in [0.25, 0.3) is 0 Å². The maximum absolute atomic E-state index is 12.0. The van der Waals surface area contributed by atoms with Crippen LogP contribution in [0.25, 0.3) is 22.0 Å². The summed E-state index contributed by atoms with van der Waals surface area (Å²) in [4.78, 5) is 23.3. The number of rotatable bonds is 6. The van der Waals surface area contributed by atoms with Crippen molar-refractivity contribution in [1.82, 2.24) is 14.5 Å². The van der Waals surface area contributed by atoms with Crippen LogP contribution in [0, 0.1) is 13.8 Å². The third-order valence-corrected chi connectivity index (χ3v) is 6.67. The number of halogens is 1. The molecule has 2 aromatic carbocycles. The second-order valence-electron chi connectivity index (χ2n) is 11.3. The fourth-order valence-corrected chi connectivity index (χ4v) is 5.15. The maximum Gasteiger partial charge on any atom is 0.307 e. The zero-order valence-electron chi connectivity index (χ0n) is 24.1. The van der Waals surface area contributed by atoms with Crippen molar-refractivity contribution in [3.8, 4) is 16.9 Å². The molecule has 0 aliphatic carbocycles. The molecule has 8 nitrogen and oxygen atoms in total. The Bertz CT molecular complexity index is 1510. The molecular formula is C31H37ClN4O4. The van der Waals surface area contributed by atoms with E-state index in [1.807, 2.05) is 45.0 Å². The molecule has 5 rings (SSSR count). The van der Waals surface area contributed by atoms with Crippen molar-refractivity contribution in [2.75, 3.05) is 11.4 Å². The van der Waals surface area contributed by atoms with E-state index in [2.05, 4.69) is 32.4 Å². The van der Waals surface area contributed by atoms with Crippen LogP contribution in [0.15, 0.2) is 42.7 Å². The quantitative estimate of drug-likeness (QED) is 0.268. The molecule has 4 aromatic rings. The minimum atomic E-state index is -0.875. The van der Waals surface area contributed by atoms with Gasteiger partial charge in [0.05, 0.1) is 41.7 Å². The topological polar surface area (TPSA) is 101 Å². The Balaban J connectivity index is 0.000000681. The molecule has 2 aromatic heterocycles. The zero-order chi connectivity index (χ0) is 29.4. The lowest BCUT2D eigenvalue weighted by Gasteiger charge is -2.33. The molecule has 0 radical (unpaired) electrons. The Morgan fingerprint density at radius 1 is 1.10 bits per heavy atom. The molecule has 0 saturated heterocycles. The number of carboxylic acids is 1. The molecule has 0 spiro atoms. The minimum Gasteiger partial charge on any atom is -0.488 e. The number of aliphatic carboxylic acids is 1. The van der Waals surface area contributed by atoms with E-state index in [0.717, 1.165) is 51.1 Å². The van der Waals surface area contributed by atoms with Crippen molar-refractivity contribution in [2.24, 2.45) is 0 Å². The first-order valence-electron chi connectivity index (χ1n) is 13.4. The highest BCUT2D eigenvalue weighted by molar-refractivity contribution is 6.30. The van der Waals surface area contributed by atoms with Gasteiger partial charge < -0.3 is 24.4 Å². The van der Waals surface area contributed by atoms with Gasteiger partial charge in [0.1, 0.15) is 0 Å². The van der Waals surface area contributed by atoms with E-state index < -0.39 is 11.6 Å². The van der Waals surface area contributed by atoms with Gasteiger partial charge in [-0.1, -0.05) is 23.7 Å². The molecule has 0 amide bonds. The molecule has 9 heteroatoms. The van der Waals surface area contributed by atoms with Gasteiger partial charge in [-0.3, -0.25) is 4.79 Å². The summed E-state index contributed by atoms with van der Waals surface area (Å²) in [6, 6.07) is 9.74. The van der Waals surface area contributed by atoms with Crippen molar-refractivity contribution in [3.63, 3.8) is 0 Å². The summed E-state index contributed by atoms with van der Waals surface area (Å²) in [7, 11) is 0. The smallest absolute Gasteiger partial charge is 0.307 e. The largest absolute Gasteiger partial charge is 0.488 e. The molecule has 1 aliphatic rings. The number of ether oxygens (including phenoxy) is 1. The van der Waals surface area contributed by atoms with Crippen molar-refractivity contribution >= 4 is 40.1 Å². The number of aliphatic hydroxyl groups is 1.